The van der Waals surface area contributed by atoms with Crippen LogP contribution in [-0.4, -0.2) is 32.2 Å². The van der Waals surface area contributed by atoms with Crippen molar-refractivity contribution in [3.63, 3.8) is 0 Å². The van der Waals surface area contributed by atoms with Crippen LogP contribution in [0.2, 0.25) is 0 Å². The summed E-state index contributed by atoms with van der Waals surface area (Å²) in [4.78, 5) is 3.67. The molecule has 1 saturated heterocycles. The first-order chi connectivity index (χ1) is 10.2. The van der Waals surface area contributed by atoms with Crippen LogP contribution < -0.4 is 9.80 Å². The van der Waals surface area contributed by atoms with Crippen LogP contribution in [-0.2, 0) is 6.54 Å². The highest BCUT2D eigenvalue weighted by molar-refractivity contribution is 9.10. The molecule has 0 spiro atoms. The summed E-state index contributed by atoms with van der Waals surface area (Å²) >= 11 is 3.52. The quantitative estimate of drug-likeness (QED) is 0.811. The molecular formula is C18H29BrN2+2. The van der Waals surface area contributed by atoms with Crippen molar-refractivity contribution in [3.8, 4) is 0 Å². The van der Waals surface area contributed by atoms with E-state index in [1.807, 2.05) is 4.90 Å². The largest absolute Gasteiger partial charge is 0.323 e. The second kappa shape index (κ2) is 7.26. The lowest BCUT2D eigenvalue weighted by molar-refractivity contribution is -1.03. The van der Waals surface area contributed by atoms with Gasteiger partial charge in [0.25, 0.3) is 0 Å². The van der Waals surface area contributed by atoms with E-state index in [0.29, 0.717) is 0 Å². The molecule has 1 aromatic carbocycles. The van der Waals surface area contributed by atoms with E-state index < -0.39 is 0 Å². The Hall–Kier alpha value is -0.380. The summed E-state index contributed by atoms with van der Waals surface area (Å²) in [6, 6.07) is 9.81. The van der Waals surface area contributed by atoms with Crippen LogP contribution in [0.15, 0.2) is 28.7 Å². The fourth-order valence-corrected chi connectivity index (χ4v) is 4.55. The molecule has 2 N–H and O–H groups in total. The first-order valence-electron chi connectivity index (χ1n) is 8.65. The fraction of sp³-hybridized carbons (Fsp3) is 0.667. The number of piperazine rings is 1. The number of rotatable bonds is 3. The van der Waals surface area contributed by atoms with Crippen LogP contribution in [0.5, 0.6) is 0 Å². The maximum Gasteiger partial charge on any atom is 0.127 e. The van der Waals surface area contributed by atoms with E-state index >= 15 is 0 Å². The van der Waals surface area contributed by atoms with Crippen LogP contribution in [0.4, 0.5) is 0 Å². The molecule has 2 aliphatic rings. The van der Waals surface area contributed by atoms with Gasteiger partial charge in [-0.2, -0.15) is 0 Å². The van der Waals surface area contributed by atoms with E-state index in [2.05, 4.69) is 47.1 Å². The van der Waals surface area contributed by atoms with Crippen molar-refractivity contribution in [2.24, 2.45) is 5.92 Å². The molecule has 2 fully saturated rings. The second-order valence-corrected chi connectivity index (χ2v) is 8.00. The summed E-state index contributed by atoms with van der Waals surface area (Å²) in [6.45, 7) is 9.11. The van der Waals surface area contributed by atoms with Crippen LogP contribution in [0, 0.1) is 5.92 Å². The molecule has 3 heteroatoms. The molecule has 1 heterocycles. The molecule has 0 bridgehead atoms. The highest BCUT2D eigenvalue weighted by atomic mass is 79.9. The summed E-state index contributed by atoms with van der Waals surface area (Å²) in [5.74, 6) is 0.946. The Balaban J connectivity index is 1.49. The van der Waals surface area contributed by atoms with Crippen molar-refractivity contribution in [3.05, 3.63) is 34.3 Å². The maximum atomic E-state index is 3.52. The van der Waals surface area contributed by atoms with Gasteiger partial charge >= 0.3 is 0 Å². The lowest BCUT2D eigenvalue weighted by Crippen LogP contribution is -3.29. The molecule has 1 aliphatic carbocycles. The molecule has 0 radical (unpaired) electrons. The first kappa shape index (κ1) is 15.5. The molecule has 0 amide bonds. The Labute approximate surface area is 137 Å². The lowest BCUT2D eigenvalue weighted by atomic mass is 9.84. The minimum atomic E-state index is 0.946. The molecule has 1 aromatic rings. The number of halogens is 1. The van der Waals surface area contributed by atoms with E-state index in [9.17, 15) is 0 Å². The fourth-order valence-electron chi connectivity index (χ4n) is 4.29. The number of nitrogens with one attached hydrogen (secondary N) is 2. The first-order valence-corrected chi connectivity index (χ1v) is 9.44. The molecule has 0 aromatic heterocycles. The predicted molar refractivity (Wildman–Crippen MR) is 90.7 cm³/mol. The van der Waals surface area contributed by atoms with Crippen LogP contribution in [0.25, 0.3) is 0 Å². The van der Waals surface area contributed by atoms with Crippen molar-refractivity contribution in [1.29, 1.82) is 0 Å². The van der Waals surface area contributed by atoms with Crippen molar-refractivity contribution in [1.82, 2.24) is 0 Å². The molecule has 3 rings (SSSR count). The molecule has 2 atom stereocenters. The standard InChI is InChI=1S/C18H27BrN2/c1-15-4-2-3-5-18(15)21-12-10-20(11-13-21)14-16-6-8-17(19)9-7-16/h6-9,15,18H,2-5,10-14H2,1H3/p+2/t15-,18+/m1/s1. The Morgan fingerprint density at radius 3 is 2.33 bits per heavy atom. The van der Waals surface area contributed by atoms with Gasteiger partial charge in [-0.25, -0.2) is 0 Å². The van der Waals surface area contributed by atoms with Gasteiger partial charge in [0.15, 0.2) is 0 Å². The third kappa shape index (κ3) is 4.08. The van der Waals surface area contributed by atoms with Gasteiger partial charge in [0.1, 0.15) is 32.7 Å². The van der Waals surface area contributed by atoms with Crippen molar-refractivity contribution in [2.45, 2.75) is 45.2 Å². The summed E-state index contributed by atoms with van der Waals surface area (Å²) in [7, 11) is 0. The summed E-state index contributed by atoms with van der Waals surface area (Å²) < 4.78 is 1.18. The lowest BCUT2D eigenvalue weighted by Gasteiger charge is -2.39. The third-order valence-electron chi connectivity index (χ3n) is 5.60. The molecule has 116 valence electrons. The topological polar surface area (TPSA) is 8.88 Å². The normalized spacial score (nSPS) is 33.8. The van der Waals surface area contributed by atoms with E-state index in [-0.39, 0.29) is 0 Å². The van der Waals surface area contributed by atoms with Crippen molar-refractivity contribution in [2.75, 3.05) is 26.2 Å². The summed E-state index contributed by atoms with van der Waals surface area (Å²) in [5, 5.41) is 0. The van der Waals surface area contributed by atoms with Crippen LogP contribution >= 0.6 is 15.9 Å². The minimum absolute atomic E-state index is 0.946. The van der Waals surface area contributed by atoms with E-state index in [1.165, 1.54) is 68.4 Å². The smallest absolute Gasteiger partial charge is 0.127 e. The minimum Gasteiger partial charge on any atom is -0.323 e. The van der Waals surface area contributed by atoms with Gasteiger partial charge in [0, 0.05) is 16.0 Å². The average Bonchev–Trinajstić information content (AvgIpc) is 2.51. The number of benzene rings is 1. The van der Waals surface area contributed by atoms with Gasteiger partial charge in [-0.1, -0.05) is 41.4 Å². The number of hydrogen-bond acceptors (Lipinski definition) is 0. The number of quaternary nitrogens is 2. The molecule has 1 saturated carbocycles. The summed E-state index contributed by atoms with van der Waals surface area (Å²) in [6.07, 6.45) is 5.86. The van der Waals surface area contributed by atoms with Crippen LogP contribution in [0.1, 0.15) is 38.2 Å². The van der Waals surface area contributed by atoms with Gasteiger partial charge in [-0.15, -0.1) is 0 Å². The maximum absolute atomic E-state index is 3.52. The Bertz CT molecular complexity index is 437. The molecule has 2 nitrogen and oxygen atoms in total. The van der Waals surface area contributed by atoms with E-state index in [4.69, 9.17) is 0 Å². The Morgan fingerprint density at radius 2 is 1.67 bits per heavy atom. The van der Waals surface area contributed by atoms with Crippen LogP contribution in [0.3, 0.4) is 0 Å². The molecular weight excluding hydrogens is 324 g/mol. The zero-order chi connectivity index (χ0) is 14.7. The molecule has 1 aliphatic heterocycles. The van der Waals surface area contributed by atoms with Gasteiger partial charge in [-0.3, -0.25) is 0 Å². The van der Waals surface area contributed by atoms with Crippen molar-refractivity contribution >= 4 is 15.9 Å². The summed E-state index contributed by atoms with van der Waals surface area (Å²) in [5.41, 5.74) is 1.47. The molecule has 0 unspecified atom stereocenters. The Morgan fingerprint density at radius 1 is 1.00 bits per heavy atom. The zero-order valence-corrected chi connectivity index (χ0v) is 14.8. The van der Waals surface area contributed by atoms with E-state index in [1.54, 1.807) is 4.90 Å². The highest BCUT2D eigenvalue weighted by Gasteiger charge is 2.34. The average molecular weight is 353 g/mol. The predicted octanol–water partition coefficient (Wildman–Crippen LogP) is 1.31. The van der Waals surface area contributed by atoms with Gasteiger partial charge < -0.3 is 9.80 Å². The Kier molecular flexibility index (Phi) is 5.36. The SMILES string of the molecule is C[C@@H]1CCCC[C@@H]1[NH+]1CC[NH+](Cc2ccc(Br)cc2)CC1. The monoisotopic (exact) mass is 352 g/mol. The van der Waals surface area contributed by atoms with Crippen molar-refractivity contribution < 1.29 is 9.80 Å². The zero-order valence-electron chi connectivity index (χ0n) is 13.2. The van der Waals surface area contributed by atoms with Gasteiger partial charge in [-0.05, 0) is 31.4 Å². The molecule has 21 heavy (non-hydrogen) atoms. The third-order valence-corrected chi connectivity index (χ3v) is 6.13. The number of hydrogen-bond donors (Lipinski definition) is 2. The highest BCUT2D eigenvalue weighted by Crippen LogP contribution is 2.21. The van der Waals surface area contributed by atoms with Gasteiger partial charge in [0.2, 0.25) is 0 Å². The van der Waals surface area contributed by atoms with Gasteiger partial charge in [0.05, 0.1) is 6.04 Å². The second-order valence-electron chi connectivity index (χ2n) is 7.08. The van der Waals surface area contributed by atoms with E-state index in [0.717, 1.165) is 12.0 Å².